The number of aromatic nitrogens is 2. The summed E-state index contributed by atoms with van der Waals surface area (Å²) in [4.78, 5) is 43.0. The van der Waals surface area contributed by atoms with Crippen LogP contribution in [0.15, 0.2) is 54.9 Å². The van der Waals surface area contributed by atoms with Gasteiger partial charge in [-0.05, 0) is 31.5 Å². The maximum Gasteiger partial charge on any atom is 0.325 e. The Labute approximate surface area is 173 Å². The first-order chi connectivity index (χ1) is 14.4. The predicted molar refractivity (Wildman–Crippen MR) is 111 cm³/mol. The van der Waals surface area contributed by atoms with Gasteiger partial charge in [0.1, 0.15) is 17.7 Å². The van der Waals surface area contributed by atoms with Gasteiger partial charge in [-0.1, -0.05) is 35.9 Å². The van der Waals surface area contributed by atoms with Crippen molar-refractivity contribution < 1.29 is 14.4 Å². The molecule has 0 aliphatic carbocycles. The number of imidazole rings is 1. The zero-order valence-electron chi connectivity index (χ0n) is 16.9. The lowest BCUT2D eigenvalue weighted by atomic mass is 9.91. The number of carbonyl (C=O) groups excluding carboxylic acids is 3. The highest BCUT2D eigenvalue weighted by atomic mass is 16.2. The lowest BCUT2D eigenvalue weighted by Crippen LogP contribution is -2.43. The summed E-state index contributed by atoms with van der Waals surface area (Å²) in [6, 6.07) is 12.6. The number of nitrogens with zero attached hydrogens (tertiary/aromatic N) is 3. The SMILES string of the molecule is Cc1ccc([C@]2(C)NC(=O)N(CC(=O)NCCc3cn4ccccc4n3)C2=O)cc1. The van der Waals surface area contributed by atoms with E-state index in [2.05, 4.69) is 15.6 Å². The number of carbonyl (C=O) groups is 3. The molecule has 0 spiro atoms. The fourth-order valence-electron chi connectivity index (χ4n) is 3.56. The van der Waals surface area contributed by atoms with Crippen molar-refractivity contribution in [1.82, 2.24) is 24.9 Å². The van der Waals surface area contributed by atoms with E-state index in [-0.39, 0.29) is 6.54 Å². The Balaban J connectivity index is 1.35. The molecule has 0 saturated carbocycles. The molecule has 1 aliphatic heterocycles. The number of amides is 4. The van der Waals surface area contributed by atoms with Crippen molar-refractivity contribution in [2.75, 3.05) is 13.1 Å². The van der Waals surface area contributed by atoms with Gasteiger partial charge in [0, 0.05) is 25.4 Å². The van der Waals surface area contributed by atoms with E-state index >= 15 is 0 Å². The monoisotopic (exact) mass is 405 g/mol. The second-order valence-electron chi connectivity index (χ2n) is 7.61. The number of pyridine rings is 1. The number of imide groups is 1. The van der Waals surface area contributed by atoms with Gasteiger partial charge in [-0.15, -0.1) is 0 Å². The van der Waals surface area contributed by atoms with E-state index < -0.39 is 23.4 Å². The highest BCUT2D eigenvalue weighted by Crippen LogP contribution is 2.28. The van der Waals surface area contributed by atoms with Crippen LogP contribution < -0.4 is 10.6 Å². The maximum absolute atomic E-state index is 12.9. The highest BCUT2D eigenvalue weighted by molar-refractivity contribution is 6.09. The normalized spacial score (nSPS) is 18.7. The summed E-state index contributed by atoms with van der Waals surface area (Å²) in [5.74, 6) is -0.831. The second-order valence-corrected chi connectivity index (χ2v) is 7.61. The first-order valence-electron chi connectivity index (χ1n) is 9.77. The third kappa shape index (κ3) is 3.63. The van der Waals surface area contributed by atoms with Crippen LogP contribution in [0.25, 0.3) is 5.65 Å². The molecule has 1 saturated heterocycles. The largest absolute Gasteiger partial charge is 0.354 e. The molecule has 154 valence electrons. The Bertz CT molecular complexity index is 1090. The number of hydrogen-bond donors (Lipinski definition) is 2. The Morgan fingerprint density at radius 1 is 1.17 bits per heavy atom. The summed E-state index contributed by atoms with van der Waals surface area (Å²) < 4.78 is 1.91. The van der Waals surface area contributed by atoms with E-state index in [1.54, 1.807) is 6.92 Å². The third-order valence-electron chi connectivity index (χ3n) is 5.32. The van der Waals surface area contributed by atoms with Gasteiger partial charge in [0.25, 0.3) is 5.91 Å². The van der Waals surface area contributed by atoms with Crippen LogP contribution in [-0.2, 0) is 21.5 Å². The van der Waals surface area contributed by atoms with E-state index in [9.17, 15) is 14.4 Å². The van der Waals surface area contributed by atoms with Gasteiger partial charge in [-0.3, -0.25) is 14.5 Å². The van der Waals surface area contributed by atoms with Crippen LogP contribution in [0.1, 0.15) is 23.7 Å². The molecule has 3 heterocycles. The molecule has 0 unspecified atom stereocenters. The molecule has 1 fully saturated rings. The van der Waals surface area contributed by atoms with E-state index in [0.717, 1.165) is 21.8 Å². The average Bonchev–Trinajstić information content (AvgIpc) is 3.23. The highest BCUT2D eigenvalue weighted by Gasteiger charge is 2.49. The van der Waals surface area contributed by atoms with Crippen molar-refractivity contribution in [1.29, 1.82) is 0 Å². The predicted octanol–water partition coefficient (Wildman–Crippen LogP) is 1.77. The number of fused-ring (bicyclic) bond motifs is 1. The molecule has 0 bridgehead atoms. The second kappa shape index (κ2) is 7.62. The molecular weight excluding hydrogens is 382 g/mol. The topological polar surface area (TPSA) is 95.8 Å². The van der Waals surface area contributed by atoms with E-state index in [4.69, 9.17) is 0 Å². The van der Waals surface area contributed by atoms with Crippen LogP contribution in [0, 0.1) is 6.92 Å². The van der Waals surface area contributed by atoms with Crippen LogP contribution in [0.5, 0.6) is 0 Å². The molecule has 0 radical (unpaired) electrons. The average molecular weight is 405 g/mol. The zero-order valence-corrected chi connectivity index (χ0v) is 16.9. The van der Waals surface area contributed by atoms with Crippen LogP contribution in [0.3, 0.4) is 0 Å². The number of nitrogens with one attached hydrogen (secondary N) is 2. The van der Waals surface area contributed by atoms with Crippen LogP contribution in [0.4, 0.5) is 4.79 Å². The first-order valence-corrected chi connectivity index (χ1v) is 9.77. The molecule has 8 heteroatoms. The summed E-state index contributed by atoms with van der Waals surface area (Å²) in [6.07, 6.45) is 4.37. The molecule has 4 amide bonds. The molecule has 8 nitrogen and oxygen atoms in total. The minimum absolute atomic E-state index is 0.322. The summed E-state index contributed by atoms with van der Waals surface area (Å²) in [6.45, 7) is 3.64. The quantitative estimate of drug-likeness (QED) is 0.611. The molecule has 2 N–H and O–H groups in total. The fourth-order valence-corrected chi connectivity index (χ4v) is 3.56. The van der Waals surface area contributed by atoms with E-state index in [0.29, 0.717) is 18.5 Å². The number of urea groups is 1. The van der Waals surface area contributed by atoms with Gasteiger partial charge in [0.05, 0.1) is 5.69 Å². The van der Waals surface area contributed by atoms with E-state index in [1.165, 1.54) is 0 Å². The van der Waals surface area contributed by atoms with Crippen LogP contribution in [0.2, 0.25) is 0 Å². The van der Waals surface area contributed by atoms with Gasteiger partial charge in [-0.25, -0.2) is 9.78 Å². The minimum Gasteiger partial charge on any atom is -0.354 e. The molecule has 1 aromatic carbocycles. The Hall–Kier alpha value is -3.68. The van der Waals surface area contributed by atoms with Gasteiger partial charge in [-0.2, -0.15) is 0 Å². The van der Waals surface area contributed by atoms with Crippen molar-refractivity contribution in [2.45, 2.75) is 25.8 Å². The first kappa shape index (κ1) is 19.6. The zero-order chi connectivity index (χ0) is 21.3. The smallest absolute Gasteiger partial charge is 0.325 e. The van der Waals surface area contributed by atoms with Crippen molar-refractivity contribution in [3.63, 3.8) is 0 Å². The number of hydrogen-bond acceptors (Lipinski definition) is 4. The van der Waals surface area contributed by atoms with E-state index in [1.807, 2.05) is 66.2 Å². The molecule has 1 aliphatic rings. The number of rotatable bonds is 6. The Kier molecular flexibility index (Phi) is 4.99. The molecule has 3 aromatic rings. The molecule has 1 atom stereocenters. The van der Waals surface area contributed by atoms with Crippen molar-refractivity contribution in [3.8, 4) is 0 Å². The maximum atomic E-state index is 12.9. The summed E-state index contributed by atoms with van der Waals surface area (Å²) in [5, 5.41) is 5.47. The van der Waals surface area contributed by atoms with Crippen LogP contribution >= 0.6 is 0 Å². The Morgan fingerprint density at radius 2 is 1.93 bits per heavy atom. The van der Waals surface area contributed by atoms with Crippen molar-refractivity contribution in [2.24, 2.45) is 0 Å². The summed E-state index contributed by atoms with van der Waals surface area (Å²) >= 11 is 0. The van der Waals surface area contributed by atoms with Gasteiger partial charge >= 0.3 is 6.03 Å². The van der Waals surface area contributed by atoms with Gasteiger partial charge in [0.15, 0.2) is 0 Å². The Morgan fingerprint density at radius 3 is 2.67 bits per heavy atom. The van der Waals surface area contributed by atoms with Gasteiger partial charge < -0.3 is 15.0 Å². The lowest BCUT2D eigenvalue weighted by molar-refractivity contribution is -0.134. The van der Waals surface area contributed by atoms with Gasteiger partial charge in [0.2, 0.25) is 5.91 Å². The fraction of sp³-hybridized carbons (Fsp3) is 0.273. The molecule has 4 rings (SSSR count). The summed E-state index contributed by atoms with van der Waals surface area (Å²) in [7, 11) is 0. The molecule has 30 heavy (non-hydrogen) atoms. The standard InChI is InChI=1S/C22H23N5O3/c1-15-6-8-16(9-7-15)22(2)20(29)27(21(30)25-22)14-19(28)23-11-10-17-13-26-12-4-3-5-18(26)24-17/h3-9,12-13H,10-11,14H2,1-2H3,(H,23,28)(H,25,30)/t22-/m0/s1. The van der Waals surface area contributed by atoms with Crippen molar-refractivity contribution in [3.05, 3.63) is 71.7 Å². The van der Waals surface area contributed by atoms with Crippen molar-refractivity contribution >= 4 is 23.5 Å². The number of aryl methyl sites for hydroxylation is 1. The molecule has 2 aromatic heterocycles. The lowest BCUT2D eigenvalue weighted by Gasteiger charge is -2.22. The summed E-state index contributed by atoms with van der Waals surface area (Å²) in [5.41, 5.74) is 2.25. The number of benzene rings is 1. The molecular formula is C22H23N5O3. The third-order valence-corrected chi connectivity index (χ3v) is 5.32. The van der Waals surface area contributed by atoms with Crippen LogP contribution in [-0.4, -0.2) is 45.2 Å². The minimum atomic E-state index is -1.18.